The lowest BCUT2D eigenvalue weighted by atomic mass is 9.89. The molecule has 3 nitrogen and oxygen atoms in total. The van der Waals surface area contributed by atoms with Gasteiger partial charge in [-0.05, 0) is 29.7 Å². The summed E-state index contributed by atoms with van der Waals surface area (Å²) in [6, 6.07) is 12.1. The summed E-state index contributed by atoms with van der Waals surface area (Å²) in [4.78, 5) is 6.26. The summed E-state index contributed by atoms with van der Waals surface area (Å²) in [6.45, 7) is 3.32. The van der Waals surface area contributed by atoms with E-state index in [-0.39, 0.29) is 18.2 Å². The van der Waals surface area contributed by atoms with E-state index in [1.807, 2.05) is 6.07 Å². The number of aromatic nitrogens is 1. The summed E-state index contributed by atoms with van der Waals surface area (Å²) in [5.74, 6) is 0.633. The van der Waals surface area contributed by atoms with Gasteiger partial charge in [0.25, 0.3) is 0 Å². The number of likely N-dealkylation sites (tertiary alicyclic amines) is 1. The van der Waals surface area contributed by atoms with E-state index in [0.717, 1.165) is 25.2 Å². The maximum atomic E-state index is 13.2. The smallest absolute Gasteiger partial charge is 0.141 e. The van der Waals surface area contributed by atoms with E-state index in [1.165, 1.54) is 11.8 Å². The van der Waals surface area contributed by atoms with Crippen LogP contribution < -0.4 is 5.73 Å². The Hall–Kier alpha value is -1.49. The summed E-state index contributed by atoms with van der Waals surface area (Å²) >= 11 is 0. The van der Waals surface area contributed by atoms with Crippen molar-refractivity contribution >= 4 is 12.4 Å². The average Bonchev–Trinajstić information content (AvgIpc) is 2.91. The van der Waals surface area contributed by atoms with Gasteiger partial charge in [0.05, 0.1) is 6.20 Å². The van der Waals surface area contributed by atoms with Crippen LogP contribution in [0.1, 0.15) is 17.0 Å². The van der Waals surface area contributed by atoms with Gasteiger partial charge in [-0.25, -0.2) is 4.39 Å². The van der Waals surface area contributed by atoms with Crippen LogP contribution in [0.3, 0.4) is 0 Å². The first-order valence-corrected chi connectivity index (χ1v) is 7.33. The molecule has 0 radical (unpaired) electrons. The minimum absolute atomic E-state index is 0. The zero-order valence-corrected chi connectivity index (χ0v) is 13.2. The molecule has 0 saturated carbocycles. The fourth-order valence-electron chi connectivity index (χ4n) is 3.21. The molecular formula is C17H21ClFN3. The van der Waals surface area contributed by atoms with Crippen LogP contribution in [0.15, 0.2) is 48.8 Å². The van der Waals surface area contributed by atoms with Gasteiger partial charge < -0.3 is 5.73 Å². The third-order valence-electron chi connectivity index (χ3n) is 4.21. The Labute approximate surface area is 136 Å². The monoisotopic (exact) mass is 321 g/mol. The molecule has 1 saturated heterocycles. The van der Waals surface area contributed by atoms with Crippen LogP contribution in [-0.4, -0.2) is 29.5 Å². The van der Waals surface area contributed by atoms with Crippen LogP contribution in [0.4, 0.5) is 4.39 Å². The molecule has 118 valence electrons. The molecule has 2 atom stereocenters. The summed E-state index contributed by atoms with van der Waals surface area (Å²) in [7, 11) is 0. The third-order valence-corrected chi connectivity index (χ3v) is 4.21. The number of hydrogen-bond donors (Lipinski definition) is 1. The maximum absolute atomic E-state index is 13.2. The summed E-state index contributed by atoms with van der Waals surface area (Å²) in [6.07, 6.45) is 2.97. The van der Waals surface area contributed by atoms with Crippen molar-refractivity contribution in [3.05, 3.63) is 65.7 Å². The molecule has 2 heterocycles. The Kier molecular flexibility index (Phi) is 5.89. The number of hydrogen-bond acceptors (Lipinski definition) is 3. The molecule has 0 amide bonds. The van der Waals surface area contributed by atoms with Crippen molar-refractivity contribution < 1.29 is 4.39 Å². The Balaban J connectivity index is 0.00000176. The van der Waals surface area contributed by atoms with Gasteiger partial charge in [-0.2, -0.15) is 0 Å². The first-order valence-electron chi connectivity index (χ1n) is 7.33. The van der Waals surface area contributed by atoms with Crippen molar-refractivity contribution in [2.75, 3.05) is 19.6 Å². The minimum Gasteiger partial charge on any atom is -0.330 e. The van der Waals surface area contributed by atoms with Crippen LogP contribution in [-0.2, 0) is 6.54 Å². The highest BCUT2D eigenvalue weighted by Crippen LogP contribution is 2.32. The predicted molar refractivity (Wildman–Crippen MR) is 88.4 cm³/mol. The number of nitrogens with zero attached hydrogens (tertiary/aromatic N) is 2. The second-order valence-corrected chi connectivity index (χ2v) is 5.72. The van der Waals surface area contributed by atoms with Crippen LogP contribution in [0.2, 0.25) is 0 Å². The first kappa shape index (κ1) is 16.9. The van der Waals surface area contributed by atoms with Crippen LogP contribution in [0.5, 0.6) is 0 Å². The molecule has 2 aromatic rings. The lowest BCUT2D eigenvalue weighted by Gasteiger charge is -2.16. The molecule has 2 N–H and O–H groups in total. The highest BCUT2D eigenvalue weighted by Gasteiger charge is 2.32. The van der Waals surface area contributed by atoms with Crippen LogP contribution in [0, 0.1) is 11.7 Å². The molecule has 0 bridgehead atoms. The van der Waals surface area contributed by atoms with Crippen molar-refractivity contribution in [1.82, 2.24) is 9.88 Å². The number of pyridine rings is 1. The number of nitrogens with two attached hydrogens (primary N) is 1. The molecule has 0 spiro atoms. The van der Waals surface area contributed by atoms with E-state index in [0.29, 0.717) is 18.4 Å². The fraction of sp³-hybridized carbons (Fsp3) is 0.353. The zero-order valence-electron chi connectivity index (χ0n) is 12.4. The predicted octanol–water partition coefficient (Wildman–Crippen LogP) is 2.82. The minimum atomic E-state index is -0.276. The maximum Gasteiger partial charge on any atom is 0.141 e. The normalized spacial score (nSPS) is 21.5. The molecule has 22 heavy (non-hydrogen) atoms. The van der Waals surface area contributed by atoms with Gasteiger partial charge in [-0.1, -0.05) is 30.3 Å². The average molecular weight is 322 g/mol. The quantitative estimate of drug-likeness (QED) is 0.941. The second-order valence-electron chi connectivity index (χ2n) is 5.72. The lowest BCUT2D eigenvalue weighted by molar-refractivity contribution is 0.316. The van der Waals surface area contributed by atoms with Crippen molar-refractivity contribution in [2.45, 2.75) is 12.5 Å². The molecule has 5 heteroatoms. The van der Waals surface area contributed by atoms with E-state index in [9.17, 15) is 4.39 Å². The Bertz CT molecular complexity index is 593. The van der Waals surface area contributed by atoms with Crippen LogP contribution in [0.25, 0.3) is 0 Å². The highest BCUT2D eigenvalue weighted by molar-refractivity contribution is 5.85. The van der Waals surface area contributed by atoms with Gasteiger partial charge in [-0.15, -0.1) is 12.4 Å². The standard InChI is InChI=1S/C17H20FN3.ClH/c18-16-6-13(8-20-9-16)10-21-11-15(7-19)17(12-21)14-4-2-1-3-5-14;/h1-6,8-9,15,17H,7,10-12,19H2;1H/t15-,17+;/m1./s1. The second kappa shape index (κ2) is 7.68. The van der Waals surface area contributed by atoms with E-state index in [4.69, 9.17) is 5.73 Å². The molecule has 1 aromatic heterocycles. The molecule has 0 aliphatic carbocycles. The first-order chi connectivity index (χ1) is 10.3. The zero-order chi connectivity index (χ0) is 14.7. The van der Waals surface area contributed by atoms with Gasteiger partial charge in [0.15, 0.2) is 0 Å². The number of rotatable bonds is 4. The van der Waals surface area contributed by atoms with E-state index >= 15 is 0 Å². The van der Waals surface area contributed by atoms with E-state index in [2.05, 4.69) is 34.1 Å². The SMILES string of the molecule is Cl.NC[C@@H]1CN(Cc2cncc(F)c2)C[C@H]1c1ccccc1. The van der Waals surface area contributed by atoms with Gasteiger partial charge in [0.1, 0.15) is 5.82 Å². The third kappa shape index (κ3) is 3.83. The summed E-state index contributed by atoms with van der Waals surface area (Å²) < 4.78 is 13.2. The van der Waals surface area contributed by atoms with E-state index < -0.39 is 0 Å². The molecule has 1 aliphatic heterocycles. The van der Waals surface area contributed by atoms with Gasteiger partial charge in [-0.3, -0.25) is 9.88 Å². The van der Waals surface area contributed by atoms with Crippen molar-refractivity contribution in [2.24, 2.45) is 11.7 Å². The fourth-order valence-corrected chi connectivity index (χ4v) is 3.21. The van der Waals surface area contributed by atoms with Gasteiger partial charge in [0, 0.05) is 31.7 Å². The van der Waals surface area contributed by atoms with Gasteiger partial charge >= 0.3 is 0 Å². The Morgan fingerprint density at radius 1 is 1.18 bits per heavy atom. The van der Waals surface area contributed by atoms with Crippen molar-refractivity contribution in [1.29, 1.82) is 0 Å². The molecule has 1 fully saturated rings. The topological polar surface area (TPSA) is 42.1 Å². The number of halogens is 2. The molecule has 1 aromatic carbocycles. The van der Waals surface area contributed by atoms with Crippen LogP contribution >= 0.6 is 12.4 Å². The Morgan fingerprint density at radius 2 is 1.95 bits per heavy atom. The number of benzene rings is 1. The molecule has 3 rings (SSSR count). The molecule has 0 unspecified atom stereocenters. The van der Waals surface area contributed by atoms with Crippen molar-refractivity contribution in [3.63, 3.8) is 0 Å². The highest BCUT2D eigenvalue weighted by atomic mass is 35.5. The molecular weight excluding hydrogens is 301 g/mol. The summed E-state index contributed by atoms with van der Waals surface area (Å²) in [5, 5.41) is 0. The summed E-state index contributed by atoms with van der Waals surface area (Å²) in [5.41, 5.74) is 8.20. The van der Waals surface area contributed by atoms with E-state index in [1.54, 1.807) is 12.3 Å². The lowest BCUT2D eigenvalue weighted by Crippen LogP contribution is -2.23. The molecule has 1 aliphatic rings. The Morgan fingerprint density at radius 3 is 2.64 bits per heavy atom. The van der Waals surface area contributed by atoms with Gasteiger partial charge in [0.2, 0.25) is 0 Å². The largest absolute Gasteiger partial charge is 0.330 e. The van der Waals surface area contributed by atoms with Crippen molar-refractivity contribution in [3.8, 4) is 0 Å².